The smallest absolute Gasteiger partial charge is 0.249 e. The van der Waals surface area contributed by atoms with Gasteiger partial charge in [-0.15, -0.1) is 5.10 Å². The highest BCUT2D eigenvalue weighted by Gasteiger charge is 2.07. The molecule has 0 unspecified atom stereocenters. The second-order valence-corrected chi connectivity index (χ2v) is 5.93. The van der Waals surface area contributed by atoms with E-state index in [-0.39, 0.29) is 0 Å². The van der Waals surface area contributed by atoms with Crippen LogP contribution in [0.1, 0.15) is 22.3 Å². The van der Waals surface area contributed by atoms with Gasteiger partial charge in [0.1, 0.15) is 0 Å². The van der Waals surface area contributed by atoms with Crippen LogP contribution in [0.4, 0.5) is 23.1 Å². The predicted octanol–water partition coefficient (Wildman–Crippen LogP) is 4.59. The van der Waals surface area contributed by atoms with E-state index in [2.05, 4.69) is 71.7 Å². The van der Waals surface area contributed by atoms with Crippen molar-refractivity contribution in [3.05, 3.63) is 64.8 Å². The van der Waals surface area contributed by atoms with Gasteiger partial charge in [0.15, 0.2) is 5.82 Å². The number of benzene rings is 2. The zero-order valence-electron chi connectivity index (χ0n) is 14.4. The van der Waals surface area contributed by atoms with Gasteiger partial charge in [-0.1, -0.05) is 30.3 Å². The van der Waals surface area contributed by atoms with Gasteiger partial charge in [-0.05, 0) is 56.0 Å². The van der Waals surface area contributed by atoms with E-state index < -0.39 is 0 Å². The zero-order valence-corrected chi connectivity index (χ0v) is 14.4. The highest BCUT2D eigenvalue weighted by molar-refractivity contribution is 5.65. The van der Waals surface area contributed by atoms with Gasteiger partial charge in [0.2, 0.25) is 5.95 Å². The molecule has 0 fully saturated rings. The average molecular weight is 319 g/mol. The maximum Gasteiger partial charge on any atom is 0.249 e. The molecule has 0 amide bonds. The van der Waals surface area contributed by atoms with Crippen molar-refractivity contribution in [2.45, 2.75) is 27.7 Å². The highest BCUT2D eigenvalue weighted by Crippen LogP contribution is 2.24. The number of anilines is 4. The van der Waals surface area contributed by atoms with Crippen molar-refractivity contribution in [1.82, 2.24) is 15.2 Å². The molecule has 0 aliphatic rings. The van der Waals surface area contributed by atoms with Crippen LogP contribution in [0.2, 0.25) is 0 Å². The van der Waals surface area contributed by atoms with Crippen LogP contribution >= 0.6 is 0 Å². The first-order chi connectivity index (χ1) is 11.5. The third kappa shape index (κ3) is 3.35. The van der Waals surface area contributed by atoms with E-state index in [4.69, 9.17) is 0 Å². The maximum atomic E-state index is 4.52. The number of aromatic nitrogens is 3. The molecule has 3 rings (SSSR count). The SMILES string of the molecule is Cc1cccc(Nc2cnnc(Nc3c(C)cccc3C)n2)c1C. The fraction of sp³-hybridized carbons (Fsp3) is 0.211. The Hall–Kier alpha value is -2.95. The second kappa shape index (κ2) is 6.66. The molecule has 0 atom stereocenters. The lowest BCUT2D eigenvalue weighted by Crippen LogP contribution is -2.05. The molecule has 0 saturated heterocycles. The number of rotatable bonds is 4. The Morgan fingerprint density at radius 1 is 0.792 bits per heavy atom. The van der Waals surface area contributed by atoms with Crippen LogP contribution in [0.15, 0.2) is 42.6 Å². The predicted molar refractivity (Wildman–Crippen MR) is 98.2 cm³/mol. The molecule has 24 heavy (non-hydrogen) atoms. The minimum absolute atomic E-state index is 0.475. The zero-order chi connectivity index (χ0) is 17.1. The fourth-order valence-electron chi connectivity index (χ4n) is 2.56. The molecule has 122 valence electrons. The Morgan fingerprint density at radius 2 is 1.46 bits per heavy atom. The van der Waals surface area contributed by atoms with Crippen LogP contribution in [0.5, 0.6) is 0 Å². The lowest BCUT2D eigenvalue weighted by molar-refractivity contribution is 0.980. The molecule has 0 aliphatic carbocycles. The lowest BCUT2D eigenvalue weighted by atomic mass is 10.1. The summed E-state index contributed by atoms with van der Waals surface area (Å²) in [4.78, 5) is 4.52. The van der Waals surface area contributed by atoms with Gasteiger partial charge in [0.25, 0.3) is 0 Å². The van der Waals surface area contributed by atoms with Crippen LogP contribution in [0, 0.1) is 27.7 Å². The molecular weight excluding hydrogens is 298 g/mol. The molecule has 0 spiro atoms. The van der Waals surface area contributed by atoms with Gasteiger partial charge in [-0.3, -0.25) is 0 Å². The van der Waals surface area contributed by atoms with Crippen LogP contribution in [0.3, 0.4) is 0 Å². The van der Waals surface area contributed by atoms with Crippen LogP contribution in [0.25, 0.3) is 0 Å². The molecule has 0 aliphatic heterocycles. The molecule has 0 radical (unpaired) electrons. The summed E-state index contributed by atoms with van der Waals surface area (Å²) in [5.74, 6) is 1.13. The molecule has 1 aromatic heterocycles. The highest BCUT2D eigenvalue weighted by atomic mass is 15.3. The first-order valence-corrected chi connectivity index (χ1v) is 7.91. The van der Waals surface area contributed by atoms with Gasteiger partial charge in [-0.2, -0.15) is 10.1 Å². The number of nitrogens with one attached hydrogen (secondary N) is 2. The molecule has 0 saturated carbocycles. The number of hydrogen-bond donors (Lipinski definition) is 2. The number of aryl methyl sites for hydroxylation is 3. The fourth-order valence-corrected chi connectivity index (χ4v) is 2.56. The Kier molecular flexibility index (Phi) is 4.42. The first-order valence-electron chi connectivity index (χ1n) is 7.91. The molecule has 1 heterocycles. The third-order valence-corrected chi connectivity index (χ3v) is 4.14. The van der Waals surface area contributed by atoms with Crippen molar-refractivity contribution in [1.29, 1.82) is 0 Å². The molecule has 2 aromatic carbocycles. The van der Waals surface area contributed by atoms with Gasteiger partial charge in [0, 0.05) is 11.4 Å². The van der Waals surface area contributed by atoms with Gasteiger partial charge < -0.3 is 10.6 Å². The summed E-state index contributed by atoms with van der Waals surface area (Å²) in [6, 6.07) is 12.3. The largest absolute Gasteiger partial charge is 0.339 e. The van der Waals surface area contributed by atoms with E-state index in [0.29, 0.717) is 11.8 Å². The van der Waals surface area contributed by atoms with Gasteiger partial charge in [0.05, 0.1) is 6.20 Å². The van der Waals surface area contributed by atoms with Crippen LogP contribution < -0.4 is 10.6 Å². The average Bonchev–Trinajstić information content (AvgIpc) is 2.56. The van der Waals surface area contributed by atoms with Crippen molar-refractivity contribution in [3.8, 4) is 0 Å². The van der Waals surface area contributed by atoms with E-state index in [1.165, 1.54) is 11.1 Å². The van der Waals surface area contributed by atoms with Gasteiger partial charge >= 0.3 is 0 Å². The lowest BCUT2D eigenvalue weighted by Gasteiger charge is -2.13. The summed E-state index contributed by atoms with van der Waals surface area (Å²) in [5, 5.41) is 14.7. The van der Waals surface area contributed by atoms with E-state index in [0.717, 1.165) is 22.5 Å². The quantitative estimate of drug-likeness (QED) is 0.736. The third-order valence-electron chi connectivity index (χ3n) is 4.14. The summed E-state index contributed by atoms with van der Waals surface area (Å²) >= 11 is 0. The standard InChI is InChI=1S/C19H21N5/c1-12-7-6-10-16(15(12)4)21-17-11-20-24-19(22-17)23-18-13(2)8-5-9-14(18)3/h5-11H,1-4H3,(H2,21,22,23,24). The maximum absolute atomic E-state index is 4.52. The first kappa shape index (κ1) is 15.9. The Bertz CT molecular complexity index is 853. The topological polar surface area (TPSA) is 62.7 Å². The summed E-state index contributed by atoms with van der Waals surface area (Å²) < 4.78 is 0. The molecule has 3 aromatic rings. The summed E-state index contributed by atoms with van der Waals surface area (Å²) in [6.45, 7) is 8.29. The van der Waals surface area contributed by atoms with E-state index in [1.54, 1.807) is 6.20 Å². The molecule has 2 N–H and O–H groups in total. The summed E-state index contributed by atoms with van der Waals surface area (Å²) in [5.41, 5.74) is 6.76. The van der Waals surface area contributed by atoms with Crippen molar-refractivity contribution in [2.75, 3.05) is 10.6 Å². The van der Waals surface area contributed by atoms with E-state index in [9.17, 15) is 0 Å². The molecule has 5 heteroatoms. The molecule has 0 bridgehead atoms. The monoisotopic (exact) mass is 319 g/mol. The summed E-state index contributed by atoms with van der Waals surface area (Å²) in [7, 11) is 0. The number of para-hydroxylation sites is 1. The Morgan fingerprint density at radius 3 is 2.21 bits per heavy atom. The Labute approximate surface area is 142 Å². The van der Waals surface area contributed by atoms with Crippen LogP contribution in [-0.4, -0.2) is 15.2 Å². The van der Waals surface area contributed by atoms with E-state index >= 15 is 0 Å². The second-order valence-electron chi connectivity index (χ2n) is 5.93. The van der Waals surface area contributed by atoms with Crippen molar-refractivity contribution < 1.29 is 0 Å². The number of hydrogen-bond acceptors (Lipinski definition) is 5. The minimum atomic E-state index is 0.475. The van der Waals surface area contributed by atoms with Gasteiger partial charge in [-0.25, -0.2) is 0 Å². The normalized spacial score (nSPS) is 10.5. The minimum Gasteiger partial charge on any atom is -0.339 e. The summed E-state index contributed by atoms with van der Waals surface area (Å²) in [6.07, 6.45) is 1.62. The van der Waals surface area contributed by atoms with Crippen molar-refractivity contribution in [2.24, 2.45) is 0 Å². The molecule has 5 nitrogen and oxygen atoms in total. The number of nitrogens with zero attached hydrogens (tertiary/aromatic N) is 3. The van der Waals surface area contributed by atoms with Crippen molar-refractivity contribution >= 4 is 23.1 Å². The van der Waals surface area contributed by atoms with E-state index in [1.807, 2.05) is 18.2 Å². The Balaban J connectivity index is 1.86. The van der Waals surface area contributed by atoms with Crippen molar-refractivity contribution in [3.63, 3.8) is 0 Å². The van der Waals surface area contributed by atoms with Crippen LogP contribution in [-0.2, 0) is 0 Å². The molecular formula is C19H21N5.